The number of oxazole rings is 1. The predicted octanol–water partition coefficient (Wildman–Crippen LogP) is 3.25. The lowest BCUT2D eigenvalue weighted by Gasteiger charge is -2.29. The fraction of sp³-hybridized carbons (Fsp3) is 0.412. The number of rotatable bonds is 7. The molecule has 2 aromatic carbocycles. The van der Waals surface area contributed by atoms with Gasteiger partial charge in [-0.3, -0.25) is 9.59 Å². The number of aliphatic hydroxyl groups is 1. The highest BCUT2D eigenvalue weighted by Crippen LogP contribution is 2.59. The third kappa shape index (κ3) is 4.89. The number of esters is 1. The molecule has 4 bridgehead atoms. The molecule has 2 amide bonds. The van der Waals surface area contributed by atoms with Crippen molar-refractivity contribution in [2.45, 2.75) is 70.9 Å². The number of benzene rings is 2. The number of para-hydroxylation sites is 1. The van der Waals surface area contributed by atoms with E-state index in [1.54, 1.807) is 20.8 Å². The molecule has 3 aliphatic rings. The third-order valence-corrected chi connectivity index (χ3v) is 9.04. The van der Waals surface area contributed by atoms with Crippen molar-refractivity contribution < 1.29 is 37.9 Å². The van der Waals surface area contributed by atoms with E-state index in [0.717, 1.165) is 22.4 Å². The van der Waals surface area contributed by atoms with Gasteiger partial charge in [0.25, 0.3) is 11.7 Å². The molecule has 250 valence electrons. The molecule has 3 aliphatic heterocycles. The van der Waals surface area contributed by atoms with Crippen LogP contribution in [0.25, 0.3) is 11.6 Å². The van der Waals surface area contributed by atoms with Crippen molar-refractivity contribution in [3.8, 4) is 17.3 Å². The second-order valence-electron chi connectivity index (χ2n) is 12.9. The highest BCUT2D eigenvalue weighted by atomic mass is 16.5. The Morgan fingerprint density at radius 1 is 1.10 bits per heavy atom. The van der Waals surface area contributed by atoms with Gasteiger partial charge in [-0.2, -0.15) is 4.98 Å². The number of hydrogen-bond acceptors (Lipinski definition) is 12. The van der Waals surface area contributed by atoms with Gasteiger partial charge in [0, 0.05) is 17.7 Å². The van der Waals surface area contributed by atoms with Crippen molar-refractivity contribution in [3.63, 3.8) is 0 Å². The molecule has 1 spiro atoms. The number of nitrogens with zero attached hydrogens (tertiary/aromatic N) is 3. The van der Waals surface area contributed by atoms with Crippen LogP contribution >= 0.6 is 0 Å². The van der Waals surface area contributed by atoms with E-state index in [1.807, 2.05) is 56.3 Å². The summed E-state index contributed by atoms with van der Waals surface area (Å²) in [6.45, 7) is 9.04. The normalized spacial score (nSPS) is 22.8. The lowest BCUT2D eigenvalue weighted by molar-refractivity contribution is -0.135. The second kappa shape index (κ2) is 11.8. The number of ether oxygens (including phenoxy) is 2. The molecule has 4 N–H and O–H groups in total. The molecule has 5 atom stereocenters. The number of hydrogen-bond donors (Lipinski definition) is 4. The zero-order chi connectivity index (χ0) is 33.9. The maximum absolute atomic E-state index is 14.0. The molecule has 48 heavy (non-hydrogen) atoms. The summed E-state index contributed by atoms with van der Waals surface area (Å²) >= 11 is 0. The SMILES string of the molecule is CCOC(=O)c1noc(-c2nc3oc2C24c5ccccc5NC2Oc2ccc(cc24)CC(NC(=O)[C@@H](O)C(C)C)C(=O)N[C@H]3C(C)C)n1. The van der Waals surface area contributed by atoms with Crippen LogP contribution in [0, 0.1) is 11.8 Å². The number of amides is 2. The quantitative estimate of drug-likeness (QED) is 0.213. The first-order chi connectivity index (χ1) is 23.0. The van der Waals surface area contributed by atoms with Gasteiger partial charge in [-0.15, -0.1) is 0 Å². The van der Waals surface area contributed by atoms with E-state index in [1.165, 1.54) is 0 Å². The van der Waals surface area contributed by atoms with E-state index in [2.05, 4.69) is 26.1 Å². The number of aromatic nitrogens is 3. The van der Waals surface area contributed by atoms with Gasteiger partial charge < -0.3 is 39.5 Å². The first-order valence-corrected chi connectivity index (χ1v) is 16.0. The number of anilines is 1. The molecular formula is C34H36N6O8. The van der Waals surface area contributed by atoms with Gasteiger partial charge in [0.05, 0.1) is 6.61 Å². The van der Waals surface area contributed by atoms with Gasteiger partial charge >= 0.3 is 5.97 Å². The largest absolute Gasteiger partial charge is 0.469 e. The summed E-state index contributed by atoms with van der Waals surface area (Å²) < 4.78 is 24.0. The molecule has 3 unspecified atom stereocenters. The summed E-state index contributed by atoms with van der Waals surface area (Å²) in [5.41, 5.74) is 2.15. The van der Waals surface area contributed by atoms with E-state index in [4.69, 9.17) is 23.4 Å². The van der Waals surface area contributed by atoms with Gasteiger partial charge in [0.2, 0.25) is 17.7 Å². The maximum atomic E-state index is 14.0. The smallest absolute Gasteiger partial charge is 0.379 e. The molecule has 0 fully saturated rings. The van der Waals surface area contributed by atoms with Crippen LogP contribution in [0.1, 0.15) is 79.6 Å². The highest BCUT2D eigenvalue weighted by Gasteiger charge is 2.61. The molecule has 7 rings (SSSR count). The Morgan fingerprint density at radius 2 is 1.90 bits per heavy atom. The standard InChI is InChI=1S/C34H36N6O8/c1-6-45-32(44)27-39-31(48-40-27)24-26-34-18-9-7-8-10-20(18)36-33(34)46-22-12-11-17(13-19(22)34)14-21(35-29(43)25(41)16(4)5)28(42)37-23(15(2)3)30(38-24)47-26/h7-13,15-16,21,23,25,33,36,41H,6,14H2,1-5H3,(H,35,43)(H,37,42)/t21?,23-,25-,33?,34?/m0/s1. The molecule has 0 saturated carbocycles. The van der Waals surface area contributed by atoms with Crippen LogP contribution in [-0.4, -0.2) is 63.0 Å². The minimum atomic E-state index is -1.30. The fourth-order valence-electron chi connectivity index (χ4n) is 6.61. The molecule has 0 radical (unpaired) electrons. The fourth-order valence-corrected chi connectivity index (χ4v) is 6.61. The Morgan fingerprint density at radius 3 is 2.65 bits per heavy atom. The number of carbonyl (C=O) groups excluding carboxylic acids is 3. The summed E-state index contributed by atoms with van der Waals surface area (Å²) in [5.74, 6) is -1.80. The average molecular weight is 657 g/mol. The van der Waals surface area contributed by atoms with E-state index in [-0.39, 0.29) is 48.2 Å². The van der Waals surface area contributed by atoms with Crippen molar-refractivity contribution in [3.05, 3.63) is 76.6 Å². The predicted molar refractivity (Wildman–Crippen MR) is 169 cm³/mol. The monoisotopic (exact) mass is 656 g/mol. The Labute approximate surface area is 275 Å². The average Bonchev–Trinajstić information content (AvgIpc) is 3.83. The van der Waals surface area contributed by atoms with E-state index < -0.39 is 47.6 Å². The maximum Gasteiger partial charge on any atom is 0.379 e. The first kappa shape index (κ1) is 31.4. The summed E-state index contributed by atoms with van der Waals surface area (Å²) in [5, 5.41) is 23.6. The Balaban J connectivity index is 1.46. The van der Waals surface area contributed by atoms with E-state index in [0.29, 0.717) is 11.5 Å². The molecule has 14 nitrogen and oxygen atoms in total. The Bertz CT molecular complexity index is 1920. The topological polar surface area (TPSA) is 191 Å². The van der Waals surface area contributed by atoms with Crippen LogP contribution in [-0.2, 0) is 26.2 Å². The van der Waals surface area contributed by atoms with Gasteiger partial charge in [-0.05, 0) is 47.2 Å². The number of aliphatic hydroxyl groups excluding tert-OH is 1. The summed E-state index contributed by atoms with van der Waals surface area (Å²) in [7, 11) is 0. The van der Waals surface area contributed by atoms with Crippen molar-refractivity contribution in [1.82, 2.24) is 25.8 Å². The molecular weight excluding hydrogens is 620 g/mol. The molecule has 2 aromatic heterocycles. The van der Waals surface area contributed by atoms with Gasteiger partial charge in [0.15, 0.2) is 17.7 Å². The molecule has 0 aliphatic carbocycles. The van der Waals surface area contributed by atoms with Gasteiger partial charge in [-0.25, -0.2) is 9.78 Å². The zero-order valence-electron chi connectivity index (χ0n) is 27.1. The van der Waals surface area contributed by atoms with Crippen LogP contribution in [0.2, 0.25) is 0 Å². The van der Waals surface area contributed by atoms with Crippen LogP contribution < -0.4 is 20.7 Å². The Kier molecular flexibility index (Phi) is 7.69. The van der Waals surface area contributed by atoms with Crippen molar-refractivity contribution in [2.75, 3.05) is 11.9 Å². The van der Waals surface area contributed by atoms with Crippen molar-refractivity contribution in [1.29, 1.82) is 0 Å². The molecule has 4 aromatic rings. The minimum Gasteiger partial charge on any atom is -0.469 e. The lowest BCUT2D eigenvalue weighted by Crippen LogP contribution is -2.52. The lowest BCUT2D eigenvalue weighted by atomic mass is 9.72. The minimum absolute atomic E-state index is 0.0818. The number of fused-ring (bicyclic) bond motifs is 4. The van der Waals surface area contributed by atoms with Crippen LogP contribution in [0.3, 0.4) is 0 Å². The number of nitrogens with one attached hydrogen (secondary N) is 3. The summed E-state index contributed by atoms with van der Waals surface area (Å²) in [6, 6.07) is 11.5. The van der Waals surface area contributed by atoms with Crippen LogP contribution in [0.15, 0.2) is 51.4 Å². The van der Waals surface area contributed by atoms with Gasteiger partial charge in [0.1, 0.15) is 29.4 Å². The van der Waals surface area contributed by atoms with Crippen LogP contribution in [0.4, 0.5) is 5.69 Å². The van der Waals surface area contributed by atoms with E-state index >= 15 is 0 Å². The van der Waals surface area contributed by atoms with Crippen molar-refractivity contribution >= 4 is 23.5 Å². The summed E-state index contributed by atoms with van der Waals surface area (Å²) in [6.07, 6.45) is -1.86. The first-order valence-electron chi connectivity index (χ1n) is 16.0. The summed E-state index contributed by atoms with van der Waals surface area (Å²) in [4.78, 5) is 48.7. The second-order valence-corrected chi connectivity index (χ2v) is 12.9. The van der Waals surface area contributed by atoms with Crippen LogP contribution in [0.5, 0.6) is 5.75 Å². The zero-order valence-corrected chi connectivity index (χ0v) is 27.1. The Hall–Kier alpha value is -5.24. The number of carbonyl (C=O) groups is 3. The van der Waals surface area contributed by atoms with E-state index in [9.17, 15) is 19.5 Å². The highest BCUT2D eigenvalue weighted by molar-refractivity contribution is 5.90. The molecule has 0 saturated heterocycles. The molecule has 5 heterocycles. The van der Waals surface area contributed by atoms with Gasteiger partial charge in [-0.1, -0.05) is 58.0 Å². The third-order valence-electron chi connectivity index (χ3n) is 9.04. The van der Waals surface area contributed by atoms with Crippen molar-refractivity contribution in [2.24, 2.45) is 11.8 Å². The molecule has 14 heteroatoms.